The molecule has 1 unspecified atom stereocenters. The predicted octanol–water partition coefficient (Wildman–Crippen LogP) is 1.72. The van der Waals surface area contributed by atoms with Gasteiger partial charge in [0.1, 0.15) is 5.82 Å². The SMILES string of the molecule is CN1CCCN(C(C)(CN)Cc2ccc(F)cc2)CC1. The lowest BCUT2D eigenvalue weighted by Crippen LogP contribution is -2.54. The number of benzene rings is 1. The second-order valence-corrected chi connectivity index (χ2v) is 6.15. The van der Waals surface area contributed by atoms with Crippen LogP contribution in [0.3, 0.4) is 0 Å². The highest BCUT2D eigenvalue weighted by atomic mass is 19.1. The summed E-state index contributed by atoms with van der Waals surface area (Å²) in [5, 5.41) is 0. The normalized spacial score (nSPS) is 21.4. The van der Waals surface area contributed by atoms with Gasteiger partial charge in [-0.25, -0.2) is 4.39 Å². The Balaban J connectivity index is 2.09. The highest BCUT2D eigenvalue weighted by Crippen LogP contribution is 2.22. The quantitative estimate of drug-likeness (QED) is 0.911. The number of likely N-dealkylation sites (N-methyl/N-ethyl adjacent to an activating group) is 1. The van der Waals surface area contributed by atoms with E-state index >= 15 is 0 Å². The Morgan fingerprint density at radius 1 is 1.15 bits per heavy atom. The number of hydrogen-bond acceptors (Lipinski definition) is 3. The van der Waals surface area contributed by atoms with Crippen LogP contribution < -0.4 is 5.73 Å². The zero-order valence-corrected chi connectivity index (χ0v) is 12.6. The summed E-state index contributed by atoms with van der Waals surface area (Å²) >= 11 is 0. The number of hydrogen-bond donors (Lipinski definition) is 1. The van der Waals surface area contributed by atoms with Crippen LogP contribution in [-0.2, 0) is 6.42 Å². The van der Waals surface area contributed by atoms with Gasteiger partial charge in [0.15, 0.2) is 0 Å². The Bertz CT molecular complexity index is 420. The van der Waals surface area contributed by atoms with Crippen LogP contribution in [0.25, 0.3) is 0 Å². The first-order valence-corrected chi connectivity index (χ1v) is 7.41. The van der Waals surface area contributed by atoms with Crippen LogP contribution in [0.4, 0.5) is 4.39 Å². The highest BCUT2D eigenvalue weighted by molar-refractivity contribution is 5.19. The first kappa shape index (κ1) is 15.4. The van der Waals surface area contributed by atoms with Crippen molar-refractivity contribution in [3.8, 4) is 0 Å². The summed E-state index contributed by atoms with van der Waals surface area (Å²) in [7, 11) is 2.17. The molecule has 3 nitrogen and oxygen atoms in total. The highest BCUT2D eigenvalue weighted by Gasteiger charge is 2.31. The van der Waals surface area contributed by atoms with Crippen LogP contribution in [0.1, 0.15) is 18.9 Å². The van der Waals surface area contributed by atoms with Gasteiger partial charge in [-0.2, -0.15) is 0 Å². The van der Waals surface area contributed by atoms with Crippen molar-refractivity contribution in [2.45, 2.75) is 25.3 Å². The average Bonchev–Trinajstić information content (AvgIpc) is 2.66. The largest absolute Gasteiger partial charge is 0.329 e. The molecular formula is C16H26FN3. The van der Waals surface area contributed by atoms with Crippen LogP contribution in [0.2, 0.25) is 0 Å². The van der Waals surface area contributed by atoms with Gasteiger partial charge in [0.05, 0.1) is 0 Å². The minimum absolute atomic E-state index is 0.0526. The topological polar surface area (TPSA) is 32.5 Å². The molecule has 1 heterocycles. The lowest BCUT2D eigenvalue weighted by atomic mass is 9.90. The van der Waals surface area contributed by atoms with Crippen molar-refractivity contribution in [2.75, 3.05) is 39.8 Å². The van der Waals surface area contributed by atoms with Crippen LogP contribution in [0.15, 0.2) is 24.3 Å². The van der Waals surface area contributed by atoms with E-state index in [2.05, 4.69) is 23.8 Å². The second kappa shape index (κ2) is 6.66. The monoisotopic (exact) mass is 279 g/mol. The molecule has 2 rings (SSSR count). The van der Waals surface area contributed by atoms with Gasteiger partial charge in [-0.1, -0.05) is 12.1 Å². The Morgan fingerprint density at radius 2 is 1.85 bits per heavy atom. The van der Waals surface area contributed by atoms with Crippen LogP contribution in [-0.4, -0.2) is 55.1 Å². The molecule has 1 atom stereocenters. The molecule has 20 heavy (non-hydrogen) atoms. The summed E-state index contributed by atoms with van der Waals surface area (Å²) in [6.07, 6.45) is 2.04. The molecule has 1 aliphatic heterocycles. The summed E-state index contributed by atoms with van der Waals surface area (Å²) in [5.74, 6) is -0.181. The summed E-state index contributed by atoms with van der Waals surface area (Å²) in [6, 6.07) is 6.80. The van der Waals surface area contributed by atoms with Gasteiger partial charge in [-0.3, -0.25) is 4.90 Å². The molecule has 0 amide bonds. The Hall–Kier alpha value is -0.970. The fourth-order valence-electron chi connectivity index (χ4n) is 2.94. The summed E-state index contributed by atoms with van der Waals surface area (Å²) in [4.78, 5) is 4.87. The summed E-state index contributed by atoms with van der Waals surface area (Å²) in [6.45, 7) is 7.20. The molecule has 112 valence electrons. The Kier molecular flexibility index (Phi) is 5.13. The van der Waals surface area contributed by atoms with Crippen molar-refractivity contribution in [1.82, 2.24) is 9.80 Å². The van der Waals surface area contributed by atoms with Gasteiger partial charge in [0, 0.05) is 31.7 Å². The number of nitrogens with two attached hydrogens (primary N) is 1. The molecule has 1 fully saturated rings. The minimum Gasteiger partial charge on any atom is -0.329 e. The Labute approximate surface area is 121 Å². The van der Waals surface area contributed by atoms with E-state index in [0.717, 1.165) is 38.2 Å². The number of nitrogens with zero attached hydrogens (tertiary/aromatic N) is 2. The van der Waals surface area contributed by atoms with E-state index in [9.17, 15) is 4.39 Å². The first-order valence-electron chi connectivity index (χ1n) is 7.41. The van der Waals surface area contributed by atoms with E-state index in [4.69, 9.17) is 5.73 Å². The molecule has 1 aliphatic rings. The lowest BCUT2D eigenvalue weighted by molar-refractivity contribution is 0.115. The molecule has 2 N–H and O–H groups in total. The Morgan fingerprint density at radius 3 is 2.50 bits per heavy atom. The van der Waals surface area contributed by atoms with Crippen molar-refractivity contribution in [2.24, 2.45) is 5.73 Å². The first-order chi connectivity index (χ1) is 9.53. The van der Waals surface area contributed by atoms with Crippen molar-refractivity contribution in [1.29, 1.82) is 0 Å². The van der Waals surface area contributed by atoms with Crippen LogP contribution in [0, 0.1) is 5.82 Å². The van der Waals surface area contributed by atoms with E-state index in [-0.39, 0.29) is 11.4 Å². The van der Waals surface area contributed by atoms with Gasteiger partial charge < -0.3 is 10.6 Å². The third-order valence-corrected chi connectivity index (χ3v) is 4.42. The molecule has 0 bridgehead atoms. The lowest BCUT2D eigenvalue weighted by Gasteiger charge is -2.40. The molecule has 0 radical (unpaired) electrons. The molecule has 1 aromatic carbocycles. The minimum atomic E-state index is -0.181. The van der Waals surface area contributed by atoms with E-state index in [0.29, 0.717) is 6.54 Å². The van der Waals surface area contributed by atoms with Crippen molar-refractivity contribution in [3.63, 3.8) is 0 Å². The van der Waals surface area contributed by atoms with Crippen molar-refractivity contribution in [3.05, 3.63) is 35.6 Å². The van der Waals surface area contributed by atoms with Gasteiger partial charge in [-0.05, 0) is 51.1 Å². The second-order valence-electron chi connectivity index (χ2n) is 6.15. The summed E-state index contributed by atoms with van der Waals surface area (Å²) in [5.41, 5.74) is 7.17. The number of rotatable bonds is 4. The fraction of sp³-hybridized carbons (Fsp3) is 0.625. The molecule has 0 aromatic heterocycles. The van der Waals surface area contributed by atoms with E-state index in [1.165, 1.54) is 18.6 Å². The molecule has 0 spiro atoms. The number of halogens is 1. The van der Waals surface area contributed by atoms with Gasteiger partial charge >= 0.3 is 0 Å². The molecule has 1 aromatic rings. The van der Waals surface area contributed by atoms with E-state index in [1.807, 2.05) is 12.1 Å². The smallest absolute Gasteiger partial charge is 0.123 e. The molecular weight excluding hydrogens is 253 g/mol. The van der Waals surface area contributed by atoms with E-state index < -0.39 is 0 Å². The van der Waals surface area contributed by atoms with E-state index in [1.54, 1.807) is 0 Å². The predicted molar refractivity (Wildman–Crippen MR) is 81.3 cm³/mol. The van der Waals surface area contributed by atoms with Crippen molar-refractivity contribution < 1.29 is 4.39 Å². The fourth-order valence-corrected chi connectivity index (χ4v) is 2.94. The zero-order chi connectivity index (χ0) is 14.6. The maximum absolute atomic E-state index is 13.0. The molecule has 4 heteroatoms. The van der Waals surface area contributed by atoms with Crippen LogP contribution >= 0.6 is 0 Å². The zero-order valence-electron chi connectivity index (χ0n) is 12.6. The van der Waals surface area contributed by atoms with Gasteiger partial charge in [0.2, 0.25) is 0 Å². The third kappa shape index (κ3) is 3.78. The third-order valence-electron chi connectivity index (χ3n) is 4.42. The van der Waals surface area contributed by atoms with Gasteiger partial charge in [0.25, 0.3) is 0 Å². The molecule has 0 saturated carbocycles. The molecule has 1 saturated heterocycles. The van der Waals surface area contributed by atoms with Crippen molar-refractivity contribution >= 4 is 0 Å². The average molecular weight is 279 g/mol. The maximum Gasteiger partial charge on any atom is 0.123 e. The molecule has 0 aliphatic carbocycles. The standard InChI is InChI=1S/C16H26FN3/c1-16(13-18,12-14-4-6-15(17)7-5-14)20-9-3-8-19(2)10-11-20/h4-7H,3,8-13,18H2,1-2H3. The maximum atomic E-state index is 13.0. The summed E-state index contributed by atoms with van der Waals surface area (Å²) < 4.78 is 13.0. The van der Waals surface area contributed by atoms with Crippen LogP contribution in [0.5, 0.6) is 0 Å². The van der Waals surface area contributed by atoms with Gasteiger partial charge in [-0.15, -0.1) is 0 Å².